The second kappa shape index (κ2) is 3.69. The predicted octanol–water partition coefficient (Wildman–Crippen LogP) is 0.768. The Labute approximate surface area is 92.7 Å². The lowest BCUT2D eigenvalue weighted by Gasteiger charge is -2.03. The van der Waals surface area contributed by atoms with Crippen molar-refractivity contribution in [3.8, 4) is 11.1 Å². The summed E-state index contributed by atoms with van der Waals surface area (Å²) in [6.45, 7) is 0. The zero-order valence-corrected chi connectivity index (χ0v) is 8.84. The molecule has 0 bridgehead atoms. The number of aryl methyl sites for hydroxylation is 1. The number of amides is 1. The molecule has 1 amide bonds. The minimum absolute atomic E-state index is 0.402. The summed E-state index contributed by atoms with van der Waals surface area (Å²) >= 11 is 0. The summed E-state index contributed by atoms with van der Waals surface area (Å²) < 4.78 is 1.68. The highest BCUT2D eigenvalue weighted by molar-refractivity contribution is 5.95. The molecule has 0 fully saturated rings. The molecule has 0 aliphatic heterocycles. The van der Waals surface area contributed by atoms with Gasteiger partial charge in [-0.2, -0.15) is 5.10 Å². The number of benzene rings is 1. The van der Waals surface area contributed by atoms with E-state index >= 15 is 0 Å². The highest BCUT2D eigenvalue weighted by Gasteiger charge is 2.06. The first kappa shape index (κ1) is 10.2. The third kappa shape index (κ3) is 1.88. The molecule has 4 N–H and O–H groups in total. The predicted molar refractivity (Wildman–Crippen MR) is 61.6 cm³/mol. The molecule has 0 saturated carbocycles. The third-order valence-electron chi connectivity index (χ3n) is 2.28. The molecule has 5 nitrogen and oxygen atoms in total. The van der Waals surface area contributed by atoms with E-state index < -0.39 is 5.91 Å². The lowest BCUT2D eigenvalue weighted by atomic mass is 10.0. The molecule has 0 aliphatic rings. The molecule has 0 aliphatic carbocycles. The molecule has 0 radical (unpaired) electrons. The average Bonchev–Trinajstić information content (AvgIpc) is 2.64. The van der Waals surface area contributed by atoms with Gasteiger partial charge in [0.2, 0.25) is 5.91 Å². The fraction of sp³-hybridized carbons (Fsp3) is 0.0909. The number of nitrogens with two attached hydrogens (primary N) is 2. The van der Waals surface area contributed by atoms with E-state index in [1.165, 1.54) is 0 Å². The molecule has 0 saturated heterocycles. The van der Waals surface area contributed by atoms with Gasteiger partial charge in [-0.25, -0.2) is 0 Å². The van der Waals surface area contributed by atoms with Crippen LogP contribution in [0.2, 0.25) is 0 Å². The first-order chi connectivity index (χ1) is 7.56. The van der Waals surface area contributed by atoms with Gasteiger partial charge >= 0.3 is 0 Å². The number of hydrogen-bond acceptors (Lipinski definition) is 3. The number of rotatable bonds is 2. The van der Waals surface area contributed by atoms with Crippen molar-refractivity contribution < 1.29 is 4.79 Å². The number of anilines is 1. The van der Waals surface area contributed by atoms with Crippen LogP contribution in [0.25, 0.3) is 11.1 Å². The van der Waals surface area contributed by atoms with E-state index in [-0.39, 0.29) is 0 Å². The lowest BCUT2D eigenvalue weighted by Crippen LogP contribution is -2.11. The molecule has 1 aromatic carbocycles. The molecular weight excluding hydrogens is 204 g/mol. The van der Waals surface area contributed by atoms with Crippen molar-refractivity contribution in [1.82, 2.24) is 9.78 Å². The van der Waals surface area contributed by atoms with Crippen molar-refractivity contribution in [2.45, 2.75) is 0 Å². The van der Waals surface area contributed by atoms with Gasteiger partial charge in [0, 0.05) is 30.1 Å². The van der Waals surface area contributed by atoms with Gasteiger partial charge in [0.15, 0.2) is 0 Å². The Kier molecular flexibility index (Phi) is 2.36. The van der Waals surface area contributed by atoms with Crippen molar-refractivity contribution in [3.63, 3.8) is 0 Å². The number of nitrogen functional groups attached to an aromatic ring is 1. The molecule has 0 spiro atoms. The number of aromatic nitrogens is 2. The molecule has 0 unspecified atom stereocenters. The van der Waals surface area contributed by atoms with Crippen LogP contribution in [-0.4, -0.2) is 15.7 Å². The maximum atomic E-state index is 11.1. The van der Waals surface area contributed by atoms with Gasteiger partial charge in [0.1, 0.15) is 0 Å². The first-order valence-electron chi connectivity index (χ1n) is 4.75. The van der Waals surface area contributed by atoms with Gasteiger partial charge in [0.25, 0.3) is 0 Å². The van der Waals surface area contributed by atoms with E-state index in [1.54, 1.807) is 29.1 Å². The smallest absolute Gasteiger partial charge is 0.248 e. The molecule has 5 heteroatoms. The minimum atomic E-state index is -0.488. The van der Waals surface area contributed by atoms with Crippen molar-refractivity contribution >= 4 is 11.6 Å². The van der Waals surface area contributed by atoms with E-state index in [2.05, 4.69) is 5.10 Å². The number of primary amides is 1. The fourth-order valence-electron chi connectivity index (χ4n) is 1.53. The number of hydrogen-bond donors (Lipinski definition) is 2. The van der Waals surface area contributed by atoms with Crippen LogP contribution in [0, 0.1) is 0 Å². The van der Waals surface area contributed by atoms with E-state index in [0.29, 0.717) is 11.3 Å². The molecule has 16 heavy (non-hydrogen) atoms. The topological polar surface area (TPSA) is 86.9 Å². The monoisotopic (exact) mass is 216 g/mol. The summed E-state index contributed by atoms with van der Waals surface area (Å²) in [6.07, 6.45) is 3.55. The highest BCUT2D eigenvalue weighted by Crippen LogP contribution is 2.22. The van der Waals surface area contributed by atoms with Crippen LogP contribution in [-0.2, 0) is 7.05 Å². The summed E-state index contributed by atoms with van der Waals surface area (Å²) in [5, 5.41) is 4.06. The summed E-state index contributed by atoms with van der Waals surface area (Å²) in [5.74, 6) is -0.488. The zero-order valence-electron chi connectivity index (χ0n) is 8.84. The highest BCUT2D eigenvalue weighted by atomic mass is 16.1. The van der Waals surface area contributed by atoms with Crippen LogP contribution >= 0.6 is 0 Å². The van der Waals surface area contributed by atoms with Gasteiger partial charge in [-0.15, -0.1) is 0 Å². The quantitative estimate of drug-likeness (QED) is 0.727. The Hall–Kier alpha value is -2.30. The van der Waals surface area contributed by atoms with Crippen LogP contribution in [0.4, 0.5) is 5.69 Å². The number of nitrogens with zero attached hydrogens (tertiary/aromatic N) is 2. The van der Waals surface area contributed by atoms with Crippen molar-refractivity contribution in [3.05, 3.63) is 36.2 Å². The van der Waals surface area contributed by atoms with Gasteiger partial charge < -0.3 is 11.5 Å². The molecule has 0 atom stereocenters. The van der Waals surface area contributed by atoms with E-state index in [9.17, 15) is 4.79 Å². The summed E-state index contributed by atoms with van der Waals surface area (Å²) in [6, 6.07) is 5.04. The lowest BCUT2D eigenvalue weighted by molar-refractivity contribution is 0.100. The van der Waals surface area contributed by atoms with E-state index in [4.69, 9.17) is 11.5 Å². The molecule has 2 aromatic rings. The van der Waals surface area contributed by atoms with Crippen LogP contribution in [0.1, 0.15) is 10.4 Å². The third-order valence-corrected chi connectivity index (χ3v) is 2.28. The van der Waals surface area contributed by atoms with Crippen molar-refractivity contribution in [1.29, 1.82) is 0 Å². The Balaban J connectivity index is 2.53. The van der Waals surface area contributed by atoms with Crippen LogP contribution in [0.15, 0.2) is 30.6 Å². The molecule has 1 heterocycles. The Bertz CT molecular complexity index is 545. The summed E-state index contributed by atoms with van der Waals surface area (Å²) in [7, 11) is 1.82. The minimum Gasteiger partial charge on any atom is -0.399 e. The number of carbonyl (C=O) groups excluding carboxylic acids is 1. The molecule has 1 aromatic heterocycles. The van der Waals surface area contributed by atoms with Crippen LogP contribution in [0.3, 0.4) is 0 Å². The van der Waals surface area contributed by atoms with E-state index in [0.717, 1.165) is 11.1 Å². The van der Waals surface area contributed by atoms with Crippen molar-refractivity contribution in [2.75, 3.05) is 5.73 Å². The van der Waals surface area contributed by atoms with Crippen LogP contribution in [0.5, 0.6) is 0 Å². The maximum Gasteiger partial charge on any atom is 0.248 e. The summed E-state index contributed by atoms with van der Waals surface area (Å²) in [5.41, 5.74) is 13.6. The Morgan fingerprint density at radius 3 is 2.62 bits per heavy atom. The fourth-order valence-corrected chi connectivity index (χ4v) is 1.53. The second-order valence-electron chi connectivity index (χ2n) is 3.61. The Morgan fingerprint density at radius 1 is 1.31 bits per heavy atom. The maximum absolute atomic E-state index is 11.1. The second-order valence-corrected chi connectivity index (χ2v) is 3.61. The van der Waals surface area contributed by atoms with Gasteiger partial charge in [0.05, 0.1) is 6.20 Å². The standard InChI is InChI=1S/C11H12N4O/c1-15-6-9(5-14-15)7-2-8(11(13)16)4-10(12)3-7/h2-6H,12H2,1H3,(H2,13,16). The SMILES string of the molecule is Cn1cc(-c2cc(N)cc(C(N)=O)c2)cn1. The summed E-state index contributed by atoms with van der Waals surface area (Å²) in [4.78, 5) is 11.1. The number of carbonyl (C=O) groups is 1. The molecular formula is C11H12N4O. The van der Waals surface area contributed by atoms with Gasteiger partial charge in [-0.1, -0.05) is 0 Å². The van der Waals surface area contributed by atoms with Gasteiger partial charge in [-0.3, -0.25) is 9.48 Å². The van der Waals surface area contributed by atoms with Gasteiger partial charge in [-0.05, 0) is 23.8 Å². The average molecular weight is 216 g/mol. The Morgan fingerprint density at radius 2 is 2.06 bits per heavy atom. The van der Waals surface area contributed by atoms with E-state index in [1.807, 2.05) is 13.2 Å². The normalized spacial score (nSPS) is 10.3. The largest absolute Gasteiger partial charge is 0.399 e. The van der Waals surface area contributed by atoms with Crippen molar-refractivity contribution in [2.24, 2.45) is 12.8 Å². The van der Waals surface area contributed by atoms with Crippen LogP contribution < -0.4 is 11.5 Å². The molecule has 82 valence electrons. The molecule has 2 rings (SSSR count). The first-order valence-corrected chi connectivity index (χ1v) is 4.75. The zero-order chi connectivity index (χ0) is 11.7.